The van der Waals surface area contributed by atoms with Crippen LogP contribution in [0.25, 0.3) is 0 Å². The van der Waals surface area contributed by atoms with Gasteiger partial charge in [0, 0.05) is 6.04 Å². The molecule has 1 atom stereocenters. The maximum Gasteiger partial charge on any atom is 0.159 e. The highest BCUT2D eigenvalue weighted by Gasteiger charge is 2.11. The minimum Gasteiger partial charge on any atom is -0.313 e. The molecule has 1 aromatic carbocycles. The van der Waals surface area contributed by atoms with E-state index in [1.54, 1.807) is 6.07 Å². The third kappa shape index (κ3) is 3.27. The fourth-order valence-electron chi connectivity index (χ4n) is 1.62. The first kappa shape index (κ1) is 12.1. The van der Waals surface area contributed by atoms with Crippen LogP contribution in [-0.2, 0) is 0 Å². The lowest BCUT2D eigenvalue weighted by molar-refractivity contribution is 0.491. The lowest BCUT2D eigenvalue weighted by Crippen LogP contribution is -2.16. The molecule has 15 heavy (non-hydrogen) atoms. The Kier molecular flexibility index (Phi) is 4.69. The topological polar surface area (TPSA) is 12.0 Å². The molecule has 0 aromatic heterocycles. The van der Waals surface area contributed by atoms with Gasteiger partial charge in [0.1, 0.15) is 0 Å². The summed E-state index contributed by atoms with van der Waals surface area (Å²) in [6, 6.07) is 4.20. The minimum atomic E-state index is -0.788. The Morgan fingerprint density at radius 1 is 1.27 bits per heavy atom. The van der Waals surface area contributed by atoms with Gasteiger partial charge in [-0.05, 0) is 31.2 Å². The summed E-state index contributed by atoms with van der Waals surface area (Å²) in [6.45, 7) is 2.11. The van der Waals surface area contributed by atoms with Crippen molar-refractivity contribution in [1.82, 2.24) is 5.32 Å². The van der Waals surface area contributed by atoms with E-state index in [0.29, 0.717) is 0 Å². The second kappa shape index (κ2) is 5.81. The molecule has 0 aliphatic heterocycles. The van der Waals surface area contributed by atoms with Crippen LogP contribution >= 0.6 is 0 Å². The van der Waals surface area contributed by atoms with Crippen LogP contribution in [0.15, 0.2) is 18.2 Å². The van der Waals surface area contributed by atoms with Crippen molar-refractivity contribution in [2.45, 2.75) is 32.2 Å². The molecule has 0 spiro atoms. The van der Waals surface area contributed by atoms with Crippen molar-refractivity contribution in [3.8, 4) is 0 Å². The Morgan fingerprint density at radius 3 is 2.53 bits per heavy atom. The smallest absolute Gasteiger partial charge is 0.159 e. The molecule has 1 nitrogen and oxygen atoms in total. The van der Waals surface area contributed by atoms with E-state index >= 15 is 0 Å². The summed E-state index contributed by atoms with van der Waals surface area (Å²) in [7, 11) is 1.83. The fourth-order valence-corrected chi connectivity index (χ4v) is 1.62. The molecule has 0 fully saturated rings. The first-order chi connectivity index (χ1) is 7.19. The number of benzene rings is 1. The molecule has 1 N–H and O–H groups in total. The molecule has 1 aromatic rings. The van der Waals surface area contributed by atoms with Crippen molar-refractivity contribution in [1.29, 1.82) is 0 Å². The highest BCUT2D eigenvalue weighted by atomic mass is 19.2. The van der Waals surface area contributed by atoms with Crippen LogP contribution in [0.2, 0.25) is 0 Å². The third-order valence-corrected chi connectivity index (χ3v) is 2.54. The number of hydrogen-bond acceptors (Lipinski definition) is 1. The average molecular weight is 213 g/mol. The van der Waals surface area contributed by atoms with Crippen molar-refractivity contribution in [2.75, 3.05) is 7.05 Å². The van der Waals surface area contributed by atoms with Gasteiger partial charge in [0.05, 0.1) is 0 Å². The predicted molar refractivity (Wildman–Crippen MR) is 57.7 cm³/mol. The average Bonchev–Trinajstić information content (AvgIpc) is 2.24. The van der Waals surface area contributed by atoms with E-state index in [9.17, 15) is 8.78 Å². The lowest BCUT2D eigenvalue weighted by Gasteiger charge is -2.16. The number of rotatable bonds is 5. The molecular formula is C12H17F2N. The van der Waals surface area contributed by atoms with Crippen LogP contribution in [0.5, 0.6) is 0 Å². The van der Waals surface area contributed by atoms with Gasteiger partial charge in [0.2, 0.25) is 0 Å². The quantitative estimate of drug-likeness (QED) is 0.790. The Bertz CT molecular complexity index is 312. The largest absolute Gasteiger partial charge is 0.313 e. The standard InChI is InChI=1S/C12H17F2N/c1-3-4-5-12(15-2)9-6-7-10(13)11(14)8-9/h6-8,12,15H,3-5H2,1-2H3. The molecule has 0 saturated carbocycles. The SMILES string of the molecule is CCCCC(NC)c1ccc(F)c(F)c1. The Balaban J connectivity index is 2.78. The van der Waals surface area contributed by atoms with E-state index in [0.717, 1.165) is 24.8 Å². The normalized spacial score (nSPS) is 12.8. The fraction of sp³-hybridized carbons (Fsp3) is 0.500. The van der Waals surface area contributed by atoms with E-state index in [-0.39, 0.29) is 6.04 Å². The highest BCUT2D eigenvalue weighted by Crippen LogP contribution is 2.20. The first-order valence-corrected chi connectivity index (χ1v) is 5.31. The Hall–Kier alpha value is -0.960. The zero-order chi connectivity index (χ0) is 11.3. The second-order valence-corrected chi connectivity index (χ2v) is 3.66. The molecule has 1 rings (SSSR count). The summed E-state index contributed by atoms with van der Waals surface area (Å²) in [5, 5.41) is 3.11. The maximum absolute atomic E-state index is 13.0. The summed E-state index contributed by atoms with van der Waals surface area (Å²) in [5.41, 5.74) is 0.810. The van der Waals surface area contributed by atoms with Crippen LogP contribution in [0.3, 0.4) is 0 Å². The molecule has 0 radical (unpaired) electrons. The number of unbranched alkanes of at least 4 members (excludes halogenated alkanes) is 1. The molecule has 1 unspecified atom stereocenters. The van der Waals surface area contributed by atoms with Crippen LogP contribution in [-0.4, -0.2) is 7.05 Å². The molecule has 0 bridgehead atoms. The van der Waals surface area contributed by atoms with Crippen molar-refractivity contribution >= 4 is 0 Å². The summed E-state index contributed by atoms with van der Waals surface area (Å²) in [6.07, 6.45) is 3.12. The summed E-state index contributed by atoms with van der Waals surface area (Å²) in [5.74, 6) is -1.56. The Morgan fingerprint density at radius 2 is 2.00 bits per heavy atom. The molecule has 0 saturated heterocycles. The molecule has 0 heterocycles. The second-order valence-electron chi connectivity index (χ2n) is 3.66. The van der Waals surface area contributed by atoms with E-state index in [1.807, 2.05) is 7.05 Å². The number of hydrogen-bond donors (Lipinski definition) is 1. The predicted octanol–water partition coefficient (Wildman–Crippen LogP) is 3.42. The van der Waals surface area contributed by atoms with Crippen molar-refractivity contribution in [2.24, 2.45) is 0 Å². The van der Waals surface area contributed by atoms with Gasteiger partial charge in [0.25, 0.3) is 0 Å². The van der Waals surface area contributed by atoms with Gasteiger partial charge in [-0.1, -0.05) is 25.8 Å². The van der Waals surface area contributed by atoms with Gasteiger partial charge in [-0.15, -0.1) is 0 Å². The number of halogens is 2. The van der Waals surface area contributed by atoms with Gasteiger partial charge in [-0.25, -0.2) is 8.78 Å². The molecular weight excluding hydrogens is 196 g/mol. The molecule has 0 amide bonds. The number of nitrogens with one attached hydrogen (secondary N) is 1. The minimum absolute atomic E-state index is 0.111. The van der Waals surface area contributed by atoms with Crippen molar-refractivity contribution < 1.29 is 8.78 Å². The Labute approximate surface area is 89.5 Å². The van der Waals surface area contributed by atoms with E-state index in [2.05, 4.69) is 12.2 Å². The zero-order valence-electron chi connectivity index (χ0n) is 9.19. The maximum atomic E-state index is 13.0. The molecule has 0 aliphatic carbocycles. The van der Waals surface area contributed by atoms with Gasteiger partial charge in [0.15, 0.2) is 11.6 Å². The van der Waals surface area contributed by atoms with Gasteiger partial charge >= 0.3 is 0 Å². The first-order valence-electron chi connectivity index (χ1n) is 5.31. The molecule has 3 heteroatoms. The van der Waals surface area contributed by atoms with Crippen LogP contribution in [0, 0.1) is 11.6 Å². The highest BCUT2D eigenvalue weighted by molar-refractivity contribution is 5.21. The summed E-state index contributed by atoms with van der Waals surface area (Å²) >= 11 is 0. The molecule has 0 aliphatic rings. The van der Waals surface area contributed by atoms with E-state index < -0.39 is 11.6 Å². The molecule has 84 valence electrons. The zero-order valence-corrected chi connectivity index (χ0v) is 9.19. The monoisotopic (exact) mass is 213 g/mol. The van der Waals surface area contributed by atoms with Gasteiger partial charge in [-0.2, -0.15) is 0 Å². The van der Waals surface area contributed by atoms with Gasteiger partial charge < -0.3 is 5.32 Å². The third-order valence-electron chi connectivity index (χ3n) is 2.54. The summed E-state index contributed by atoms with van der Waals surface area (Å²) < 4.78 is 25.7. The van der Waals surface area contributed by atoms with Crippen LogP contribution < -0.4 is 5.32 Å². The van der Waals surface area contributed by atoms with Gasteiger partial charge in [-0.3, -0.25) is 0 Å². The van der Waals surface area contributed by atoms with Crippen LogP contribution in [0.1, 0.15) is 37.8 Å². The summed E-state index contributed by atoms with van der Waals surface area (Å²) in [4.78, 5) is 0. The van der Waals surface area contributed by atoms with Crippen molar-refractivity contribution in [3.63, 3.8) is 0 Å². The van der Waals surface area contributed by atoms with E-state index in [1.165, 1.54) is 12.1 Å². The van der Waals surface area contributed by atoms with E-state index in [4.69, 9.17) is 0 Å². The lowest BCUT2D eigenvalue weighted by atomic mass is 10.0. The van der Waals surface area contributed by atoms with Crippen molar-refractivity contribution in [3.05, 3.63) is 35.4 Å². The van der Waals surface area contributed by atoms with Crippen LogP contribution in [0.4, 0.5) is 8.78 Å².